The number of amides is 2. The molecule has 1 N–H and O–H groups in total. The van der Waals surface area contributed by atoms with Gasteiger partial charge in [0.05, 0.1) is 17.5 Å². The van der Waals surface area contributed by atoms with E-state index in [1.54, 1.807) is 4.68 Å². The lowest BCUT2D eigenvalue weighted by atomic mass is 9.89. The lowest BCUT2D eigenvalue weighted by molar-refractivity contribution is -0.137. The number of piperidine rings is 1. The van der Waals surface area contributed by atoms with Crippen LogP contribution >= 0.6 is 0 Å². The van der Waals surface area contributed by atoms with Gasteiger partial charge in [-0.3, -0.25) is 14.3 Å². The van der Waals surface area contributed by atoms with Crippen molar-refractivity contribution in [2.45, 2.75) is 31.4 Å². The van der Waals surface area contributed by atoms with Crippen LogP contribution in [0.15, 0.2) is 72.9 Å². The minimum Gasteiger partial charge on any atom is -0.339 e. The van der Waals surface area contributed by atoms with E-state index in [2.05, 4.69) is 10.4 Å². The highest BCUT2D eigenvalue weighted by atomic mass is 19.4. The molecule has 1 fully saturated rings. The molecule has 2 heterocycles. The van der Waals surface area contributed by atoms with Gasteiger partial charge >= 0.3 is 6.18 Å². The van der Waals surface area contributed by atoms with E-state index >= 15 is 0 Å². The van der Waals surface area contributed by atoms with E-state index in [1.165, 1.54) is 12.1 Å². The molecule has 0 bridgehead atoms. The smallest absolute Gasteiger partial charge is 0.339 e. The van der Waals surface area contributed by atoms with E-state index < -0.39 is 11.7 Å². The number of aromatic nitrogens is 2. The summed E-state index contributed by atoms with van der Waals surface area (Å²) >= 11 is 0. The topological polar surface area (TPSA) is 67.2 Å². The van der Waals surface area contributed by atoms with Gasteiger partial charge in [0.15, 0.2) is 0 Å². The molecule has 0 saturated carbocycles. The number of benzene rings is 3. The molecule has 0 spiro atoms. The number of nitrogens with one attached hydrogen (secondary N) is 1. The summed E-state index contributed by atoms with van der Waals surface area (Å²) < 4.78 is 39.9. The highest BCUT2D eigenvalue weighted by Gasteiger charge is 2.30. The number of hydrogen-bond donors (Lipinski definition) is 1. The minimum absolute atomic E-state index is 0.0138. The number of carbonyl (C=O) groups excluding carboxylic acids is 2. The van der Waals surface area contributed by atoms with E-state index in [9.17, 15) is 22.8 Å². The molecule has 9 heteroatoms. The number of anilines is 1. The molecule has 0 atom stereocenters. The monoisotopic (exact) mass is 520 g/mol. The van der Waals surface area contributed by atoms with Crippen LogP contribution in [0.1, 0.15) is 45.8 Å². The number of fused-ring (bicyclic) bond motifs is 1. The summed E-state index contributed by atoms with van der Waals surface area (Å²) in [5.74, 6) is 0.0471. The summed E-state index contributed by atoms with van der Waals surface area (Å²) in [4.78, 5) is 27.3. The van der Waals surface area contributed by atoms with Crippen molar-refractivity contribution in [3.05, 3.63) is 95.2 Å². The van der Waals surface area contributed by atoms with Crippen molar-refractivity contribution in [1.29, 1.82) is 0 Å². The second-order valence-electron chi connectivity index (χ2n) is 9.68. The molecule has 1 aliphatic rings. The number of likely N-dealkylation sites (tertiary alicyclic amines) is 1. The Morgan fingerprint density at radius 3 is 2.32 bits per heavy atom. The van der Waals surface area contributed by atoms with Crippen LogP contribution in [0.3, 0.4) is 0 Å². The summed E-state index contributed by atoms with van der Waals surface area (Å²) in [6.45, 7) is 1.33. The van der Waals surface area contributed by atoms with Crippen molar-refractivity contribution in [2.24, 2.45) is 7.05 Å². The number of nitrogens with zero attached hydrogens (tertiary/aromatic N) is 3. The molecule has 1 aliphatic heterocycles. The van der Waals surface area contributed by atoms with Crippen LogP contribution in [0.4, 0.5) is 18.9 Å². The molecule has 38 heavy (non-hydrogen) atoms. The number of carbonyl (C=O) groups is 2. The fourth-order valence-electron chi connectivity index (χ4n) is 4.92. The molecule has 5 rings (SSSR count). The minimum atomic E-state index is -4.40. The maximum Gasteiger partial charge on any atom is 0.416 e. The van der Waals surface area contributed by atoms with Crippen molar-refractivity contribution in [3.63, 3.8) is 0 Å². The summed E-state index contributed by atoms with van der Waals surface area (Å²) in [7, 11) is 1.86. The predicted molar refractivity (Wildman–Crippen MR) is 139 cm³/mol. The Hall–Kier alpha value is -4.14. The molecule has 2 amide bonds. The summed E-state index contributed by atoms with van der Waals surface area (Å²) in [5, 5.41) is 8.10. The summed E-state index contributed by atoms with van der Waals surface area (Å²) in [5.41, 5.74) is 3.08. The van der Waals surface area contributed by atoms with Gasteiger partial charge in [0, 0.05) is 43.0 Å². The average Bonchev–Trinajstić information content (AvgIpc) is 3.28. The number of aryl methyl sites for hydroxylation is 1. The zero-order valence-corrected chi connectivity index (χ0v) is 20.8. The molecule has 1 aromatic heterocycles. The molecule has 3 aromatic carbocycles. The first kappa shape index (κ1) is 25.5. The first-order chi connectivity index (χ1) is 18.2. The van der Waals surface area contributed by atoms with Gasteiger partial charge in [-0.1, -0.05) is 24.3 Å². The van der Waals surface area contributed by atoms with E-state index in [0.717, 1.165) is 41.4 Å². The van der Waals surface area contributed by atoms with Crippen LogP contribution in [0.25, 0.3) is 10.9 Å². The Bertz CT molecular complexity index is 1450. The predicted octanol–water partition coefficient (Wildman–Crippen LogP) is 5.79. The van der Waals surface area contributed by atoms with Crippen molar-refractivity contribution in [3.8, 4) is 0 Å². The second kappa shape index (κ2) is 10.3. The van der Waals surface area contributed by atoms with E-state index in [1.807, 2.05) is 60.6 Å². The van der Waals surface area contributed by atoms with Gasteiger partial charge in [-0.05, 0) is 72.4 Å². The molecular formula is C29H27F3N4O2. The van der Waals surface area contributed by atoms with Crippen molar-refractivity contribution in [1.82, 2.24) is 14.7 Å². The van der Waals surface area contributed by atoms with Gasteiger partial charge in [-0.25, -0.2) is 0 Å². The van der Waals surface area contributed by atoms with Gasteiger partial charge in [0.25, 0.3) is 5.91 Å². The maximum atomic E-state index is 13.0. The third-order valence-corrected chi connectivity index (χ3v) is 6.96. The lowest BCUT2D eigenvalue weighted by Gasteiger charge is -2.32. The number of rotatable bonds is 5. The molecule has 0 unspecified atom stereocenters. The van der Waals surface area contributed by atoms with Gasteiger partial charge in [0.1, 0.15) is 0 Å². The Balaban J connectivity index is 1.13. The Labute approximate surface area is 218 Å². The summed E-state index contributed by atoms with van der Waals surface area (Å²) in [6, 6.07) is 17.8. The molecule has 6 nitrogen and oxygen atoms in total. The zero-order valence-electron chi connectivity index (χ0n) is 20.8. The Morgan fingerprint density at radius 2 is 1.66 bits per heavy atom. The molecule has 0 radical (unpaired) electrons. The van der Waals surface area contributed by atoms with E-state index in [0.29, 0.717) is 35.8 Å². The van der Waals surface area contributed by atoms with Crippen LogP contribution < -0.4 is 5.32 Å². The second-order valence-corrected chi connectivity index (χ2v) is 9.68. The van der Waals surface area contributed by atoms with Crippen LogP contribution in [0.2, 0.25) is 0 Å². The molecule has 0 aliphatic carbocycles. The first-order valence-corrected chi connectivity index (χ1v) is 12.4. The Kier molecular flexibility index (Phi) is 6.93. The van der Waals surface area contributed by atoms with Gasteiger partial charge < -0.3 is 10.2 Å². The SMILES string of the molecule is Cn1cc2cc(C(=O)N3CCC(c4ccc(NC(=O)Cc5ccc(C(F)(F)F)cc5)cc4)CC3)ccc2n1. The number of alkyl halides is 3. The molecular weight excluding hydrogens is 493 g/mol. The highest BCUT2D eigenvalue weighted by molar-refractivity contribution is 5.98. The standard InChI is InChI=1S/C29H27F3N4O2/c1-35-18-23-17-22(6-11-26(23)34-35)28(38)36-14-12-21(13-15-36)20-4-9-25(10-5-20)33-27(37)16-19-2-7-24(8-3-19)29(30,31)32/h2-11,17-18,21H,12-16H2,1H3,(H,33,37). The van der Waals surface area contributed by atoms with Crippen molar-refractivity contribution < 1.29 is 22.8 Å². The van der Waals surface area contributed by atoms with Crippen molar-refractivity contribution in [2.75, 3.05) is 18.4 Å². The van der Waals surface area contributed by atoms with Crippen LogP contribution in [-0.4, -0.2) is 39.6 Å². The van der Waals surface area contributed by atoms with E-state index in [4.69, 9.17) is 0 Å². The average molecular weight is 521 g/mol. The number of halogens is 3. The maximum absolute atomic E-state index is 13.0. The van der Waals surface area contributed by atoms with Gasteiger partial charge in [0.2, 0.25) is 5.91 Å². The third-order valence-electron chi connectivity index (χ3n) is 6.96. The van der Waals surface area contributed by atoms with Crippen LogP contribution in [0.5, 0.6) is 0 Å². The van der Waals surface area contributed by atoms with Gasteiger partial charge in [-0.15, -0.1) is 0 Å². The third kappa shape index (κ3) is 5.72. The molecule has 1 saturated heterocycles. The highest BCUT2D eigenvalue weighted by Crippen LogP contribution is 2.31. The molecule has 196 valence electrons. The Morgan fingerprint density at radius 1 is 0.974 bits per heavy atom. The summed E-state index contributed by atoms with van der Waals surface area (Å²) in [6.07, 6.45) is -0.815. The fourth-order valence-corrected chi connectivity index (χ4v) is 4.92. The van der Waals surface area contributed by atoms with Crippen LogP contribution in [-0.2, 0) is 24.4 Å². The fraction of sp³-hybridized carbons (Fsp3) is 0.276. The normalized spacial score (nSPS) is 14.6. The quantitative estimate of drug-likeness (QED) is 0.362. The largest absolute Gasteiger partial charge is 0.416 e. The zero-order chi connectivity index (χ0) is 26.9. The van der Waals surface area contributed by atoms with Crippen LogP contribution in [0, 0.1) is 0 Å². The van der Waals surface area contributed by atoms with E-state index in [-0.39, 0.29) is 18.2 Å². The number of hydrogen-bond acceptors (Lipinski definition) is 3. The molecule has 4 aromatic rings. The first-order valence-electron chi connectivity index (χ1n) is 12.4. The van der Waals surface area contributed by atoms with Gasteiger partial charge in [-0.2, -0.15) is 18.3 Å². The lowest BCUT2D eigenvalue weighted by Crippen LogP contribution is -2.37. The van der Waals surface area contributed by atoms with Crippen molar-refractivity contribution >= 4 is 28.4 Å².